The van der Waals surface area contributed by atoms with Crippen LogP contribution in [0.15, 0.2) is 22.8 Å². The maximum atomic E-state index is 10.8. The standard InChI is InChI=1S/C16H21BrN2O2/c1-5-6-19-15(13(21-4)9-18-19)16(20)12-7-10(2)14(17)11(3)8-12/h7-9,16,20H,5-6H2,1-4H3. The molecule has 0 saturated heterocycles. The summed E-state index contributed by atoms with van der Waals surface area (Å²) >= 11 is 3.55. The highest BCUT2D eigenvalue weighted by Crippen LogP contribution is 2.33. The zero-order chi connectivity index (χ0) is 15.6. The van der Waals surface area contributed by atoms with Crippen LogP contribution >= 0.6 is 15.9 Å². The molecule has 0 saturated carbocycles. The van der Waals surface area contributed by atoms with Gasteiger partial charge in [-0.15, -0.1) is 0 Å². The maximum Gasteiger partial charge on any atom is 0.163 e. The van der Waals surface area contributed by atoms with Crippen LogP contribution in [0.25, 0.3) is 0 Å². The molecule has 0 aliphatic carbocycles. The van der Waals surface area contributed by atoms with Crippen molar-refractivity contribution in [3.63, 3.8) is 0 Å². The molecule has 1 aromatic heterocycles. The SMILES string of the molecule is CCCn1ncc(OC)c1C(O)c1cc(C)c(Br)c(C)c1. The number of methoxy groups -OCH3 is 1. The number of ether oxygens (including phenoxy) is 1. The summed E-state index contributed by atoms with van der Waals surface area (Å²) in [6.07, 6.45) is 1.86. The van der Waals surface area contributed by atoms with Crippen LogP contribution in [0.2, 0.25) is 0 Å². The molecule has 0 spiro atoms. The van der Waals surface area contributed by atoms with Gasteiger partial charge in [-0.1, -0.05) is 35.0 Å². The van der Waals surface area contributed by atoms with Gasteiger partial charge in [0.2, 0.25) is 0 Å². The second-order valence-electron chi connectivity index (χ2n) is 5.19. The lowest BCUT2D eigenvalue weighted by Gasteiger charge is -2.17. The van der Waals surface area contributed by atoms with Crippen molar-refractivity contribution in [2.24, 2.45) is 0 Å². The second-order valence-corrected chi connectivity index (χ2v) is 5.99. The van der Waals surface area contributed by atoms with Gasteiger partial charge in [0.15, 0.2) is 5.75 Å². The first-order valence-corrected chi connectivity index (χ1v) is 7.83. The van der Waals surface area contributed by atoms with Gasteiger partial charge in [-0.25, -0.2) is 0 Å². The van der Waals surface area contributed by atoms with Crippen LogP contribution < -0.4 is 4.74 Å². The van der Waals surface area contributed by atoms with Crippen molar-refractivity contribution in [3.8, 4) is 5.75 Å². The molecule has 4 nitrogen and oxygen atoms in total. The third kappa shape index (κ3) is 3.14. The van der Waals surface area contributed by atoms with E-state index in [1.807, 2.05) is 30.7 Å². The molecule has 0 bridgehead atoms. The summed E-state index contributed by atoms with van der Waals surface area (Å²) in [5.74, 6) is 0.620. The van der Waals surface area contributed by atoms with E-state index in [9.17, 15) is 5.11 Å². The van der Waals surface area contributed by atoms with Crippen molar-refractivity contribution in [3.05, 3.63) is 45.2 Å². The molecular formula is C16H21BrN2O2. The van der Waals surface area contributed by atoms with Crippen LogP contribution in [0, 0.1) is 13.8 Å². The minimum atomic E-state index is -0.750. The molecule has 1 N–H and O–H groups in total. The number of aryl methyl sites for hydroxylation is 3. The molecule has 0 aliphatic heterocycles. The first-order chi connectivity index (χ1) is 9.99. The lowest BCUT2D eigenvalue weighted by Crippen LogP contribution is -2.11. The van der Waals surface area contributed by atoms with E-state index in [-0.39, 0.29) is 0 Å². The Balaban J connectivity index is 2.48. The van der Waals surface area contributed by atoms with Gasteiger partial charge in [0.1, 0.15) is 11.8 Å². The van der Waals surface area contributed by atoms with Crippen molar-refractivity contribution in [2.45, 2.75) is 39.8 Å². The molecule has 2 rings (SSSR count). The number of benzene rings is 1. The lowest BCUT2D eigenvalue weighted by atomic mass is 10.0. The fourth-order valence-electron chi connectivity index (χ4n) is 2.50. The third-order valence-corrected chi connectivity index (χ3v) is 4.78. The topological polar surface area (TPSA) is 47.3 Å². The average molecular weight is 353 g/mol. The van der Waals surface area contributed by atoms with Gasteiger partial charge < -0.3 is 9.84 Å². The minimum absolute atomic E-state index is 0.620. The van der Waals surface area contributed by atoms with E-state index in [0.29, 0.717) is 11.4 Å². The van der Waals surface area contributed by atoms with E-state index in [4.69, 9.17) is 4.74 Å². The summed E-state index contributed by atoms with van der Waals surface area (Å²) in [7, 11) is 1.60. The highest BCUT2D eigenvalue weighted by atomic mass is 79.9. The molecule has 1 atom stereocenters. The van der Waals surface area contributed by atoms with Gasteiger partial charge in [-0.05, 0) is 37.0 Å². The van der Waals surface area contributed by atoms with E-state index < -0.39 is 6.10 Å². The quantitative estimate of drug-likeness (QED) is 0.890. The number of hydrogen-bond donors (Lipinski definition) is 1. The summed E-state index contributed by atoms with van der Waals surface area (Å²) in [5, 5.41) is 15.1. The normalized spacial score (nSPS) is 12.5. The van der Waals surface area contributed by atoms with E-state index in [1.165, 1.54) is 0 Å². The van der Waals surface area contributed by atoms with Crippen LogP contribution in [0.5, 0.6) is 5.75 Å². The molecule has 0 aliphatic rings. The van der Waals surface area contributed by atoms with Gasteiger partial charge >= 0.3 is 0 Å². The molecule has 114 valence electrons. The second kappa shape index (κ2) is 6.62. The molecule has 1 unspecified atom stereocenters. The molecule has 1 heterocycles. The van der Waals surface area contributed by atoms with Crippen LogP contribution in [-0.2, 0) is 6.54 Å². The molecule has 5 heteroatoms. The minimum Gasteiger partial charge on any atom is -0.493 e. The number of hydrogen-bond acceptors (Lipinski definition) is 3. The average Bonchev–Trinajstić information content (AvgIpc) is 2.86. The third-order valence-electron chi connectivity index (χ3n) is 3.53. The Kier molecular flexibility index (Phi) is 5.06. The number of halogens is 1. The zero-order valence-corrected chi connectivity index (χ0v) is 14.4. The predicted octanol–water partition coefficient (Wildman–Crippen LogP) is 3.76. The smallest absolute Gasteiger partial charge is 0.163 e. The Morgan fingerprint density at radius 1 is 1.33 bits per heavy atom. The number of aliphatic hydroxyl groups excluding tert-OH is 1. The Hall–Kier alpha value is -1.33. The van der Waals surface area contributed by atoms with Crippen LogP contribution in [0.4, 0.5) is 0 Å². The van der Waals surface area contributed by atoms with Crippen molar-refractivity contribution in [1.29, 1.82) is 0 Å². The van der Waals surface area contributed by atoms with E-state index in [1.54, 1.807) is 13.3 Å². The predicted molar refractivity (Wildman–Crippen MR) is 86.7 cm³/mol. The van der Waals surface area contributed by atoms with Gasteiger partial charge in [-0.3, -0.25) is 4.68 Å². The summed E-state index contributed by atoms with van der Waals surface area (Å²) in [6, 6.07) is 3.98. The highest BCUT2D eigenvalue weighted by molar-refractivity contribution is 9.10. The Labute approximate surface area is 133 Å². The lowest BCUT2D eigenvalue weighted by molar-refractivity contribution is 0.201. The molecule has 2 aromatic rings. The summed E-state index contributed by atoms with van der Waals surface area (Å²) in [5.41, 5.74) is 3.76. The van der Waals surface area contributed by atoms with Gasteiger partial charge in [0.25, 0.3) is 0 Å². The van der Waals surface area contributed by atoms with Crippen molar-refractivity contribution >= 4 is 15.9 Å². The first kappa shape index (κ1) is 16.0. The molecule has 21 heavy (non-hydrogen) atoms. The van der Waals surface area contributed by atoms with Gasteiger partial charge in [0, 0.05) is 11.0 Å². The maximum absolute atomic E-state index is 10.8. The molecule has 0 fully saturated rings. The molecule has 0 amide bonds. The molecule has 1 aromatic carbocycles. The van der Waals surface area contributed by atoms with E-state index in [2.05, 4.69) is 28.0 Å². The summed E-state index contributed by atoms with van der Waals surface area (Å²) in [6.45, 7) is 6.88. The number of aromatic nitrogens is 2. The van der Waals surface area contributed by atoms with Gasteiger partial charge in [0.05, 0.1) is 13.3 Å². The van der Waals surface area contributed by atoms with Crippen molar-refractivity contribution in [2.75, 3.05) is 7.11 Å². The largest absolute Gasteiger partial charge is 0.493 e. The monoisotopic (exact) mass is 352 g/mol. The van der Waals surface area contributed by atoms with E-state index >= 15 is 0 Å². The fourth-order valence-corrected chi connectivity index (χ4v) is 2.72. The van der Waals surface area contributed by atoms with Gasteiger partial charge in [-0.2, -0.15) is 5.10 Å². The Bertz CT molecular complexity index is 614. The number of rotatable bonds is 5. The number of aliphatic hydroxyl groups is 1. The number of nitrogens with zero attached hydrogens (tertiary/aromatic N) is 2. The Morgan fingerprint density at radius 3 is 2.48 bits per heavy atom. The molecule has 0 radical (unpaired) electrons. The van der Waals surface area contributed by atoms with Crippen LogP contribution in [-0.4, -0.2) is 22.0 Å². The molecular weight excluding hydrogens is 332 g/mol. The van der Waals surface area contributed by atoms with E-state index in [0.717, 1.165) is 34.1 Å². The van der Waals surface area contributed by atoms with Crippen LogP contribution in [0.3, 0.4) is 0 Å². The van der Waals surface area contributed by atoms with Crippen molar-refractivity contribution in [1.82, 2.24) is 9.78 Å². The fraction of sp³-hybridized carbons (Fsp3) is 0.438. The van der Waals surface area contributed by atoms with Crippen LogP contribution in [0.1, 0.15) is 41.8 Å². The van der Waals surface area contributed by atoms with Crippen molar-refractivity contribution < 1.29 is 9.84 Å². The Morgan fingerprint density at radius 2 is 1.95 bits per heavy atom. The highest BCUT2D eigenvalue weighted by Gasteiger charge is 2.22. The summed E-state index contributed by atoms with van der Waals surface area (Å²) in [4.78, 5) is 0. The first-order valence-electron chi connectivity index (χ1n) is 7.04. The zero-order valence-electron chi connectivity index (χ0n) is 12.9. The summed E-state index contributed by atoms with van der Waals surface area (Å²) < 4.78 is 8.24.